The molecule has 2 atom stereocenters. The number of carbonyl (C=O) groups is 3. The van der Waals surface area contributed by atoms with E-state index in [1.165, 1.54) is 24.3 Å². The lowest BCUT2D eigenvalue weighted by atomic mass is 10.1. The molecule has 9 nitrogen and oxygen atoms in total. The first-order valence-corrected chi connectivity index (χ1v) is 11.1. The Morgan fingerprint density at radius 1 is 1.23 bits per heavy atom. The predicted molar refractivity (Wildman–Crippen MR) is 105 cm³/mol. The molecular weight excluding hydrogens is 438 g/mol. The van der Waals surface area contributed by atoms with Crippen molar-refractivity contribution in [3.05, 3.63) is 41.1 Å². The fourth-order valence-electron chi connectivity index (χ4n) is 3.13. The minimum Gasteiger partial charge on any atom is -0.507 e. The molecule has 0 aliphatic carbocycles. The number of amides is 1. The number of hydrogen-bond donors (Lipinski definition) is 1. The van der Waals surface area contributed by atoms with Gasteiger partial charge >= 0.3 is 11.9 Å². The van der Waals surface area contributed by atoms with Crippen LogP contribution in [-0.2, 0) is 28.9 Å². The van der Waals surface area contributed by atoms with Crippen LogP contribution in [0.3, 0.4) is 0 Å². The Hall–Kier alpha value is -2.59. The molecule has 1 saturated heterocycles. The second-order valence-electron chi connectivity index (χ2n) is 7.86. The highest BCUT2D eigenvalue weighted by molar-refractivity contribution is 7.92. The minimum atomic E-state index is -3.92. The van der Waals surface area contributed by atoms with Crippen molar-refractivity contribution in [1.82, 2.24) is 4.90 Å². The zero-order chi connectivity index (χ0) is 22.4. The number of rotatable bonds is 4. The van der Waals surface area contributed by atoms with E-state index in [0.29, 0.717) is 0 Å². The van der Waals surface area contributed by atoms with Crippen LogP contribution in [0.15, 0.2) is 35.5 Å². The number of nitrogens with zero attached hydrogens (tertiary/aromatic N) is 1. The van der Waals surface area contributed by atoms with Gasteiger partial charge in [0.05, 0.1) is 5.75 Å². The lowest BCUT2D eigenvalue weighted by Crippen LogP contribution is -2.68. The second kappa shape index (κ2) is 7.59. The van der Waals surface area contributed by atoms with Gasteiger partial charge in [0.1, 0.15) is 34.6 Å². The highest BCUT2D eigenvalue weighted by Gasteiger charge is 2.59. The average molecular weight is 458 g/mol. The molecule has 0 bridgehead atoms. The van der Waals surface area contributed by atoms with Gasteiger partial charge in [0, 0.05) is 5.57 Å². The summed E-state index contributed by atoms with van der Waals surface area (Å²) < 4.78 is 35.6. The Morgan fingerprint density at radius 2 is 1.87 bits per heavy atom. The number of carbonyl (C=O) groups excluding carboxylic acids is 3. The molecule has 1 N–H and O–H groups in total. The van der Waals surface area contributed by atoms with Gasteiger partial charge in [-0.05, 0) is 32.9 Å². The van der Waals surface area contributed by atoms with Gasteiger partial charge in [-0.15, -0.1) is 11.6 Å². The number of hydrogen-bond acceptors (Lipinski definition) is 8. The van der Waals surface area contributed by atoms with Gasteiger partial charge in [0.2, 0.25) is 5.91 Å². The first-order chi connectivity index (χ1) is 13.8. The van der Waals surface area contributed by atoms with Gasteiger partial charge in [0.15, 0.2) is 15.2 Å². The summed E-state index contributed by atoms with van der Waals surface area (Å²) in [6, 6.07) is 5.64. The van der Waals surface area contributed by atoms with E-state index in [1.807, 2.05) is 0 Å². The molecule has 0 saturated carbocycles. The molecule has 2 aliphatic heterocycles. The second-order valence-corrected chi connectivity index (χ2v) is 10.4. The number of halogens is 1. The van der Waals surface area contributed by atoms with Crippen molar-refractivity contribution >= 4 is 39.3 Å². The SMILES string of the molecule is CC(C)(C)OC(=O)C1=C(COC(=O)c2ccccc2O)CS(=O)(=O)C2[C@@H](Cl)C(=O)N12. The number of sulfone groups is 1. The van der Waals surface area contributed by atoms with Crippen LogP contribution in [-0.4, -0.2) is 65.0 Å². The summed E-state index contributed by atoms with van der Waals surface area (Å²) in [5.74, 6) is -3.55. The maximum atomic E-state index is 12.8. The monoisotopic (exact) mass is 457 g/mol. The number of alkyl halides is 1. The van der Waals surface area contributed by atoms with Gasteiger partial charge < -0.3 is 14.6 Å². The molecule has 1 aromatic rings. The summed E-state index contributed by atoms with van der Waals surface area (Å²) in [7, 11) is -3.92. The van der Waals surface area contributed by atoms with Crippen LogP contribution >= 0.6 is 11.6 Å². The molecule has 3 rings (SSSR count). The number of fused-ring (bicyclic) bond motifs is 1. The number of β-lactam (4-membered cyclic amide) rings is 1. The number of ether oxygens (including phenoxy) is 2. The predicted octanol–water partition coefficient (Wildman–Crippen LogP) is 1.35. The maximum Gasteiger partial charge on any atom is 0.355 e. The molecule has 1 aromatic carbocycles. The van der Waals surface area contributed by atoms with E-state index in [1.54, 1.807) is 20.8 Å². The van der Waals surface area contributed by atoms with Crippen molar-refractivity contribution in [2.75, 3.05) is 12.4 Å². The van der Waals surface area contributed by atoms with E-state index in [0.717, 1.165) is 4.90 Å². The lowest BCUT2D eigenvalue weighted by molar-refractivity contribution is -0.157. The summed E-state index contributed by atoms with van der Waals surface area (Å²) in [6.45, 7) is 4.25. The molecule has 0 spiro atoms. The Kier molecular flexibility index (Phi) is 5.59. The average Bonchev–Trinajstić information content (AvgIpc) is 2.63. The van der Waals surface area contributed by atoms with Crippen molar-refractivity contribution < 1.29 is 37.4 Å². The molecule has 1 fully saturated rings. The van der Waals surface area contributed by atoms with E-state index in [2.05, 4.69) is 0 Å². The Bertz CT molecular complexity index is 1060. The third-order valence-corrected chi connectivity index (χ3v) is 6.94. The number of aromatic hydroxyl groups is 1. The molecule has 30 heavy (non-hydrogen) atoms. The summed E-state index contributed by atoms with van der Waals surface area (Å²) in [6.07, 6.45) is 0. The van der Waals surface area contributed by atoms with Crippen LogP contribution in [0, 0.1) is 0 Å². The van der Waals surface area contributed by atoms with Crippen LogP contribution in [0.1, 0.15) is 31.1 Å². The fourth-order valence-corrected chi connectivity index (χ4v) is 5.71. The van der Waals surface area contributed by atoms with E-state index in [4.69, 9.17) is 21.1 Å². The highest BCUT2D eigenvalue weighted by atomic mass is 35.5. The van der Waals surface area contributed by atoms with Gasteiger partial charge in [-0.3, -0.25) is 9.69 Å². The molecule has 0 radical (unpaired) electrons. The largest absolute Gasteiger partial charge is 0.507 e. The van der Waals surface area contributed by atoms with Crippen molar-refractivity contribution in [2.45, 2.75) is 37.1 Å². The lowest BCUT2D eigenvalue weighted by Gasteiger charge is -2.47. The number of para-hydroxylation sites is 1. The standard InChI is InChI=1S/C19H20ClNO8S/c1-19(2,3)29-18(25)14-10(8-28-17(24)11-6-4-5-7-12(11)22)9-30(26,27)16-13(20)15(23)21(14)16/h4-7,13,16,22H,8-9H2,1-3H3/t13-,16?/m0/s1. The number of phenols is 1. The molecule has 0 aromatic heterocycles. The summed E-state index contributed by atoms with van der Waals surface area (Å²) in [5, 5.41) is 7.08. The fraction of sp³-hybridized carbons (Fsp3) is 0.421. The first-order valence-electron chi connectivity index (χ1n) is 8.92. The smallest absolute Gasteiger partial charge is 0.355 e. The molecule has 2 aliphatic rings. The normalized spacial score (nSPS) is 22.8. The third-order valence-electron chi connectivity index (χ3n) is 4.39. The number of esters is 2. The molecule has 1 unspecified atom stereocenters. The van der Waals surface area contributed by atoms with E-state index in [-0.39, 0.29) is 22.6 Å². The van der Waals surface area contributed by atoms with Crippen LogP contribution in [0.5, 0.6) is 5.75 Å². The molecule has 2 heterocycles. The van der Waals surface area contributed by atoms with E-state index in [9.17, 15) is 27.9 Å². The summed E-state index contributed by atoms with van der Waals surface area (Å²) in [4.78, 5) is 38.1. The van der Waals surface area contributed by atoms with Crippen LogP contribution < -0.4 is 0 Å². The highest BCUT2D eigenvalue weighted by Crippen LogP contribution is 2.40. The molecular formula is C19H20ClNO8S. The van der Waals surface area contributed by atoms with Crippen molar-refractivity contribution in [2.24, 2.45) is 0 Å². The van der Waals surface area contributed by atoms with Gasteiger partial charge in [-0.25, -0.2) is 18.0 Å². The van der Waals surface area contributed by atoms with Crippen molar-refractivity contribution in [1.29, 1.82) is 0 Å². The van der Waals surface area contributed by atoms with Gasteiger partial charge in [-0.1, -0.05) is 12.1 Å². The maximum absolute atomic E-state index is 12.8. The van der Waals surface area contributed by atoms with Gasteiger partial charge in [0.25, 0.3) is 0 Å². The Morgan fingerprint density at radius 3 is 2.47 bits per heavy atom. The Labute approximate surface area is 178 Å². The summed E-state index contributed by atoms with van der Waals surface area (Å²) >= 11 is 5.88. The summed E-state index contributed by atoms with van der Waals surface area (Å²) in [5.41, 5.74) is -1.45. The van der Waals surface area contributed by atoms with Gasteiger partial charge in [-0.2, -0.15) is 0 Å². The van der Waals surface area contributed by atoms with E-state index < -0.39 is 56.4 Å². The number of phenolic OH excluding ortho intramolecular Hbond substituents is 1. The van der Waals surface area contributed by atoms with E-state index >= 15 is 0 Å². The van der Waals surface area contributed by atoms with Crippen LogP contribution in [0.4, 0.5) is 0 Å². The first kappa shape index (κ1) is 22.1. The zero-order valence-electron chi connectivity index (χ0n) is 16.4. The van der Waals surface area contributed by atoms with Crippen molar-refractivity contribution in [3.8, 4) is 5.75 Å². The van der Waals surface area contributed by atoms with Crippen LogP contribution in [0.2, 0.25) is 0 Å². The molecule has 1 amide bonds. The molecule has 162 valence electrons. The quantitative estimate of drug-likeness (QED) is 0.407. The topological polar surface area (TPSA) is 127 Å². The Balaban J connectivity index is 1.96. The van der Waals surface area contributed by atoms with Crippen LogP contribution in [0.25, 0.3) is 0 Å². The minimum absolute atomic E-state index is 0.110. The number of benzene rings is 1. The van der Waals surface area contributed by atoms with Crippen molar-refractivity contribution in [3.63, 3.8) is 0 Å². The molecule has 11 heteroatoms. The zero-order valence-corrected chi connectivity index (χ0v) is 18.0. The third kappa shape index (κ3) is 4.01.